The van der Waals surface area contributed by atoms with Gasteiger partial charge in [-0.05, 0) is 30.5 Å². The molecule has 2 rings (SSSR count). The third-order valence-corrected chi connectivity index (χ3v) is 3.84. The summed E-state index contributed by atoms with van der Waals surface area (Å²) in [6.07, 6.45) is 1.45. The molecule has 116 valence electrons. The molecule has 1 aromatic rings. The summed E-state index contributed by atoms with van der Waals surface area (Å²) in [4.78, 5) is 13.0. The summed E-state index contributed by atoms with van der Waals surface area (Å²) in [7, 11) is 0. The average Bonchev–Trinajstić information content (AvgIpc) is 2.46. The molecule has 0 spiro atoms. The van der Waals surface area contributed by atoms with Crippen LogP contribution in [0.1, 0.15) is 32.3 Å². The van der Waals surface area contributed by atoms with Crippen molar-refractivity contribution in [1.82, 2.24) is 5.32 Å². The summed E-state index contributed by atoms with van der Waals surface area (Å²) in [5, 5.41) is 12.4. The summed E-state index contributed by atoms with van der Waals surface area (Å²) < 4.78 is 14.1. The lowest BCUT2D eigenvalue weighted by atomic mass is 9.97. The predicted octanol–water partition coefficient (Wildman–Crippen LogP) is 2.62. The molecule has 1 aromatic carbocycles. The number of hydrogen-bond acceptors (Lipinski definition) is 3. The number of halogens is 1. The van der Waals surface area contributed by atoms with Gasteiger partial charge in [-0.3, -0.25) is 4.79 Å². The van der Waals surface area contributed by atoms with Gasteiger partial charge < -0.3 is 15.3 Å². The lowest BCUT2D eigenvalue weighted by Crippen LogP contribution is -2.39. The first-order valence-corrected chi connectivity index (χ1v) is 7.47. The Kier molecular flexibility index (Phi) is 5.17. The average molecular weight is 294 g/mol. The summed E-state index contributed by atoms with van der Waals surface area (Å²) in [6.45, 7) is 5.90. The third-order valence-electron chi connectivity index (χ3n) is 3.84. The normalized spacial score (nSPS) is 19.0. The van der Waals surface area contributed by atoms with Crippen LogP contribution in [-0.2, 0) is 11.3 Å². The van der Waals surface area contributed by atoms with Crippen LogP contribution in [0.15, 0.2) is 18.2 Å². The van der Waals surface area contributed by atoms with Crippen molar-refractivity contribution in [3.8, 4) is 0 Å². The van der Waals surface area contributed by atoms with Crippen LogP contribution >= 0.6 is 0 Å². The highest BCUT2D eigenvalue weighted by Gasteiger charge is 2.26. The van der Waals surface area contributed by atoms with Gasteiger partial charge >= 0.3 is 5.97 Å². The van der Waals surface area contributed by atoms with E-state index in [1.54, 1.807) is 6.07 Å². The van der Waals surface area contributed by atoms with Crippen LogP contribution in [0.2, 0.25) is 0 Å². The van der Waals surface area contributed by atoms with Crippen LogP contribution in [0.4, 0.5) is 10.1 Å². The Bertz CT molecular complexity index is 505. The van der Waals surface area contributed by atoms with Gasteiger partial charge in [-0.2, -0.15) is 0 Å². The first kappa shape index (κ1) is 15.8. The van der Waals surface area contributed by atoms with E-state index in [2.05, 4.69) is 19.2 Å². The first-order chi connectivity index (χ1) is 9.97. The van der Waals surface area contributed by atoms with Crippen molar-refractivity contribution in [3.05, 3.63) is 29.6 Å². The van der Waals surface area contributed by atoms with Crippen molar-refractivity contribution in [3.63, 3.8) is 0 Å². The summed E-state index contributed by atoms with van der Waals surface area (Å²) >= 11 is 0. The van der Waals surface area contributed by atoms with E-state index in [-0.39, 0.29) is 5.82 Å². The van der Waals surface area contributed by atoms with E-state index in [1.807, 2.05) is 11.0 Å². The van der Waals surface area contributed by atoms with Gasteiger partial charge in [-0.25, -0.2) is 4.39 Å². The van der Waals surface area contributed by atoms with E-state index in [0.29, 0.717) is 37.8 Å². The van der Waals surface area contributed by atoms with Crippen LogP contribution < -0.4 is 10.2 Å². The molecule has 21 heavy (non-hydrogen) atoms. The predicted molar refractivity (Wildman–Crippen MR) is 80.9 cm³/mol. The minimum absolute atomic E-state index is 0.283. The number of aliphatic carboxylic acids is 1. The molecule has 0 aliphatic carbocycles. The van der Waals surface area contributed by atoms with E-state index in [9.17, 15) is 9.18 Å². The standard InChI is InChI=1S/C16H23FN2O2/c1-11(2)18-9-12-5-6-14(17)15(8-12)19-7-3-4-13(10-19)16(20)21/h5-6,8,11,13,18H,3-4,7,9-10H2,1-2H3,(H,20,21). The van der Waals surface area contributed by atoms with E-state index in [4.69, 9.17) is 5.11 Å². The second kappa shape index (κ2) is 6.89. The molecule has 4 nitrogen and oxygen atoms in total. The van der Waals surface area contributed by atoms with Crippen molar-refractivity contribution >= 4 is 11.7 Å². The fourth-order valence-electron chi connectivity index (χ4n) is 2.63. The highest BCUT2D eigenvalue weighted by atomic mass is 19.1. The van der Waals surface area contributed by atoms with Gasteiger partial charge in [0.2, 0.25) is 0 Å². The Hall–Kier alpha value is -1.62. The van der Waals surface area contributed by atoms with Gasteiger partial charge in [0, 0.05) is 25.7 Å². The Morgan fingerprint density at radius 3 is 2.95 bits per heavy atom. The number of rotatable bonds is 5. The van der Waals surface area contributed by atoms with Crippen molar-refractivity contribution in [1.29, 1.82) is 0 Å². The van der Waals surface area contributed by atoms with E-state index in [0.717, 1.165) is 12.0 Å². The molecular weight excluding hydrogens is 271 g/mol. The number of anilines is 1. The maximum atomic E-state index is 14.1. The lowest BCUT2D eigenvalue weighted by molar-refractivity contribution is -0.141. The Morgan fingerprint density at radius 2 is 2.29 bits per heavy atom. The van der Waals surface area contributed by atoms with Crippen LogP contribution in [-0.4, -0.2) is 30.2 Å². The molecule has 1 aliphatic heterocycles. The molecule has 0 radical (unpaired) electrons. The summed E-state index contributed by atoms with van der Waals surface area (Å²) in [5.74, 6) is -1.48. The van der Waals surface area contributed by atoms with Crippen LogP contribution in [0, 0.1) is 11.7 Å². The molecule has 0 amide bonds. The zero-order chi connectivity index (χ0) is 15.4. The number of carboxylic acids is 1. The zero-order valence-corrected chi connectivity index (χ0v) is 12.6. The second-order valence-electron chi connectivity index (χ2n) is 5.94. The van der Waals surface area contributed by atoms with Crippen molar-refractivity contribution in [2.24, 2.45) is 5.92 Å². The third kappa shape index (κ3) is 4.17. The summed E-state index contributed by atoms with van der Waals surface area (Å²) in [5.41, 5.74) is 1.53. The van der Waals surface area contributed by atoms with Crippen molar-refractivity contribution in [2.45, 2.75) is 39.3 Å². The topological polar surface area (TPSA) is 52.6 Å². The number of nitrogens with one attached hydrogen (secondary N) is 1. The molecule has 0 saturated carbocycles. The fourth-order valence-corrected chi connectivity index (χ4v) is 2.63. The lowest BCUT2D eigenvalue weighted by Gasteiger charge is -2.33. The van der Waals surface area contributed by atoms with Gasteiger partial charge in [-0.1, -0.05) is 19.9 Å². The molecular formula is C16H23FN2O2. The van der Waals surface area contributed by atoms with Crippen LogP contribution in [0.3, 0.4) is 0 Å². The monoisotopic (exact) mass is 294 g/mol. The fraction of sp³-hybridized carbons (Fsp3) is 0.562. The maximum absolute atomic E-state index is 14.1. The smallest absolute Gasteiger partial charge is 0.308 e. The van der Waals surface area contributed by atoms with E-state index in [1.165, 1.54) is 6.07 Å². The Morgan fingerprint density at radius 1 is 1.52 bits per heavy atom. The molecule has 1 atom stereocenters. The second-order valence-corrected chi connectivity index (χ2v) is 5.94. The molecule has 5 heteroatoms. The number of piperidine rings is 1. The molecule has 1 unspecified atom stereocenters. The highest BCUT2D eigenvalue weighted by Crippen LogP contribution is 2.27. The molecule has 0 aromatic heterocycles. The Labute approximate surface area is 125 Å². The van der Waals surface area contributed by atoms with Gasteiger partial charge in [0.1, 0.15) is 5.82 Å². The van der Waals surface area contributed by atoms with E-state index < -0.39 is 11.9 Å². The molecule has 0 bridgehead atoms. The number of carboxylic acid groups (broad SMARTS) is 1. The first-order valence-electron chi connectivity index (χ1n) is 7.47. The molecule has 1 aliphatic rings. The molecule has 1 heterocycles. The van der Waals surface area contributed by atoms with Crippen LogP contribution in [0.25, 0.3) is 0 Å². The van der Waals surface area contributed by atoms with Gasteiger partial charge in [0.05, 0.1) is 11.6 Å². The maximum Gasteiger partial charge on any atom is 0.308 e. The minimum atomic E-state index is -0.794. The van der Waals surface area contributed by atoms with Crippen molar-refractivity contribution < 1.29 is 14.3 Å². The quantitative estimate of drug-likeness (QED) is 0.876. The number of carbonyl (C=O) groups is 1. The number of benzene rings is 1. The molecule has 2 N–H and O–H groups in total. The van der Waals surface area contributed by atoms with Gasteiger partial charge in [-0.15, -0.1) is 0 Å². The minimum Gasteiger partial charge on any atom is -0.481 e. The van der Waals surface area contributed by atoms with Crippen molar-refractivity contribution in [2.75, 3.05) is 18.0 Å². The SMILES string of the molecule is CC(C)NCc1ccc(F)c(N2CCCC(C(=O)O)C2)c1. The highest BCUT2D eigenvalue weighted by molar-refractivity contribution is 5.71. The zero-order valence-electron chi connectivity index (χ0n) is 12.6. The molecule has 1 saturated heterocycles. The van der Waals surface area contributed by atoms with Gasteiger partial charge in [0.25, 0.3) is 0 Å². The molecule has 1 fully saturated rings. The number of nitrogens with zero attached hydrogens (tertiary/aromatic N) is 1. The number of hydrogen-bond donors (Lipinski definition) is 2. The van der Waals surface area contributed by atoms with Crippen LogP contribution in [0.5, 0.6) is 0 Å². The summed E-state index contributed by atoms with van der Waals surface area (Å²) in [6, 6.07) is 5.43. The van der Waals surface area contributed by atoms with E-state index >= 15 is 0 Å². The largest absolute Gasteiger partial charge is 0.481 e. The van der Waals surface area contributed by atoms with Gasteiger partial charge in [0.15, 0.2) is 0 Å². The Balaban J connectivity index is 2.14.